The second-order valence-electron chi connectivity index (χ2n) is 5.78. The van der Waals surface area contributed by atoms with Crippen LogP contribution < -0.4 is 0 Å². The Bertz CT molecular complexity index is 1040. The van der Waals surface area contributed by atoms with Crippen LogP contribution in [0.4, 0.5) is 13.2 Å². The molecule has 0 fully saturated rings. The highest BCUT2D eigenvalue weighted by Gasteiger charge is 2.16. The van der Waals surface area contributed by atoms with E-state index in [1.165, 1.54) is 30.3 Å². The summed E-state index contributed by atoms with van der Waals surface area (Å²) in [5.41, 5.74) is 2.51. The number of nitrogens with zero attached hydrogens (tertiary/aromatic N) is 2. The van der Waals surface area contributed by atoms with Gasteiger partial charge < -0.3 is 0 Å². The van der Waals surface area contributed by atoms with Crippen LogP contribution in [-0.2, 0) is 6.54 Å². The largest absolute Gasteiger partial charge is 0.259 e. The summed E-state index contributed by atoms with van der Waals surface area (Å²) in [5, 5.41) is 5.03. The lowest BCUT2D eigenvalue weighted by Gasteiger charge is -2.08. The number of benzene rings is 3. The maximum Gasteiger partial charge on any atom is 0.151 e. The zero-order valence-corrected chi connectivity index (χ0v) is 13.1. The number of halogens is 3. The smallest absolute Gasteiger partial charge is 0.151 e. The van der Waals surface area contributed by atoms with Gasteiger partial charge in [-0.05, 0) is 48.0 Å². The van der Waals surface area contributed by atoms with Crippen LogP contribution in [0.2, 0.25) is 0 Å². The number of aromatic nitrogens is 2. The topological polar surface area (TPSA) is 17.8 Å². The minimum atomic E-state index is -0.418. The Hall–Kier alpha value is -3.08. The summed E-state index contributed by atoms with van der Waals surface area (Å²) in [5.74, 6) is -1.08. The molecule has 0 spiro atoms. The van der Waals surface area contributed by atoms with Crippen molar-refractivity contribution in [1.82, 2.24) is 9.78 Å². The van der Waals surface area contributed by atoms with Crippen LogP contribution in [-0.4, -0.2) is 9.78 Å². The zero-order valence-electron chi connectivity index (χ0n) is 13.1. The van der Waals surface area contributed by atoms with Gasteiger partial charge in [0.2, 0.25) is 0 Å². The Morgan fingerprint density at radius 2 is 1.40 bits per heavy atom. The van der Waals surface area contributed by atoms with E-state index in [4.69, 9.17) is 0 Å². The van der Waals surface area contributed by atoms with Gasteiger partial charge in [0.25, 0.3) is 0 Å². The van der Waals surface area contributed by atoms with Crippen molar-refractivity contribution in [1.29, 1.82) is 0 Å². The fraction of sp³-hybridized carbons (Fsp3) is 0.0500. The molecule has 0 atom stereocenters. The van der Waals surface area contributed by atoms with Gasteiger partial charge in [0.1, 0.15) is 17.2 Å². The van der Waals surface area contributed by atoms with Crippen molar-refractivity contribution < 1.29 is 13.2 Å². The lowest BCUT2D eigenvalue weighted by molar-refractivity contribution is 0.622. The SMILES string of the molecule is Fc1ccc(Cn2nc3c(F)cccc3c2-c2ccc(F)cc2)cc1. The lowest BCUT2D eigenvalue weighted by Crippen LogP contribution is -2.04. The molecule has 0 saturated heterocycles. The van der Waals surface area contributed by atoms with Crippen molar-refractivity contribution in [2.45, 2.75) is 6.54 Å². The third kappa shape index (κ3) is 2.89. The molecule has 0 aliphatic carbocycles. The second kappa shape index (κ2) is 6.09. The Labute approximate surface area is 142 Å². The molecule has 0 unspecified atom stereocenters. The van der Waals surface area contributed by atoms with Crippen molar-refractivity contribution in [3.05, 3.63) is 89.7 Å². The summed E-state index contributed by atoms with van der Waals surface area (Å²) >= 11 is 0. The molecule has 2 nitrogen and oxygen atoms in total. The molecular weight excluding hydrogens is 325 g/mol. The molecule has 5 heteroatoms. The molecule has 1 aromatic heterocycles. The normalized spacial score (nSPS) is 11.2. The number of hydrogen-bond donors (Lipinski definition) is 0. The molecule has 0 N–H and O–H groups in total. The molecule has 4 rings (SSSR count). The van der Waals surface area contributed by atoms with E-state index in [2.05, 4.69) is 5.10 Å². The molecule has 3 aromatic carbocycles. The van der Waals surface area contributed by atoms with Crippen LogP contribution in [0.5, 0.6) is 0 Å². The minimum Gasteiger partial charge on any atom is -0.259 e. The molecule has 0 bridgehead atoms. The van der Waals surface area contributed by atoms with Gasteiger partial charge in [-0.1, -0.05) is 24.3 Å². The molecular formula is C20H13F3N2. The van der Waals surface area contributed by atoms with E-state index >= 15 is 0 Å². The maximum atomic E-state index is 14.2. The molecule has 0 aliphatic heterocycles. The van der Waals surface area contributed by atoms with E-state index in [0.717, 1.165) is 11.1 Å². The van der Waals surface area contributed by atoms with Gasteiger partial charge in [0.05, 0.1) is 12.2 Å². The van der Waals surface area contributed by atoms with Gasteiger partial charge in [-0.15, -0.1) is 0 Å². The average molecular weight is 338 g/mol. The summed E-state index contributed by atoms with van der Waals surface area (Å²) in [7, 11) is 0. The highest BCUT2D eigenvalue weighted by atomic mass is 19.1. The van der Waals surface area contributed by atoms with Crippen LogP contribution in [0.15, 0.2) is 66.7 Å². The number of fused-ring (bicyclic) bond motifs is 1. The van der Waals surface area contributed by atoms with Gasteiger partial charge in [-0.25, -0.2) is 13.2 Å². The first-order chi connectivity index (χ1) is 12.1. The molecule has 0 radical (unpaired) electrons. The maximum absolute atomic E-state index is 14.2. The first kappa shape index (κ1) is 15.4. The first-order valence-corrected chi connectivity index (χ1v) is 7.77. The van der Waals surface area contributed by atoms with E-state index in [1.807, 2.05) is 0 Å². The monoisotopic (exact) mass is 338 g/mol. The van der Waals surface area contributed by atoms with Crippen molar-refractivity contribution in [2.24, 2.45) is 0 Å². The van der Waals surface area contributed by atoms with Crippen molar-refractivity contribution in [3.63, 3.8) is 0 Å². The number of rotatable bonds is 3. The van der Waals surface area contributed by atoms with E-state index in [9.17, 15) is 13.2 Å². The van der Waals surface area contributed by atoms with Crippen molar-refractivity contribution >= 4 is 10.9 Å². The predicted octanol–water partition coefficient (Wildman–Crippen LogP) is 5.17. The number of hydrogen-bond acceptors (Lipinski definition) is 1. The minimum absolute atomic E-state index is 0.254. The summed E-state index contributed by atoms with van der Waals surface area (Å²) in [6, 6.07) is 16.8. The van der Waals surface area contributed by atoms with Crippen LogP contribution in [0.25, 0.3) is 22.2 Å². The zero-order chi connectivity index (χ0) is 17.4. The van der Waals surface area contributed by atoms with Gasteiger partial charge in [0, 0.05) is 10.9 Å². The van der Waals surface area contributed by atoms with Crippen LogP contribution in [0, 0.1) is 17.5 Å². The summed E-state index contributed by atoms with van der Waals surface area (Å²) in [6.45, 7) is 0.348. The Morgan fingerprint density at radius 3 is 2.08 bits per heavy atom. The fourth-order valence-corrected chi connectivity index (χ4v) is 2.91. The third-order valence-corrected chi connectivity index (χ3v) is 4.08. The second-order valence-corrected chi connectivity index (χ2v) is 5.78. The highest BCUT2D eigenvalue weighted by molar-refractivity contribution is 5.93. The van der Waals surface area contributed by atoms with E-state index in [1.54, 1.807) is 41.1 Å². The molecule has 1 heterocycles. The van der Waals surface area contributed by atoms with Crippen LogP contribution in [0.3, 0.4) is 0 Å². The van der Waals surface area contributed by atoms with Gasteiger partial charge >= 0.3 is 0 Å². The lowest BCUT2D eigenvalue weighted by atomic mass is 10.1. The van der Waals surface area contributed by atoms with Gasteiger partial charge in [-0.2, -0.15) is 5.10 Å². The standard InChI is InChI=1S/C20H13F3N2/c21-15-8-4-13(5-9-15)12-25-20(14-6-10-16(22)11-7-14)17-2-1-3-18(23)19(17)24-25/h1-11H,12H2. The van der Waals surface area contributed by atoms with Crippen LogP contribution >= 0.6 is 0 Å². The quantitative estimate of drug-likeness (QED) is 0.504. The Morgan fingerprint density at radius 1 is 0.760 bits per heavy atom. The third-order valence-electron chi connectivity index (χ3n) is 4.08. The van der Waals surface area contributed by atoms with Gasteiger partial charge in [-0.3, -0.25) is 4.68 Å². The Balaban J connectivity index is 1.90. The first-order valence-electron chi connectivity index (χ1n) is 7.77. The molecule has 25 heavy (non-hydrogen) atoms. The van der Waals surface area contributed by atoms with Crippen molar-refractivity contribution in [3.8, 4) is 11.3 Å². The van der Waals surface area contributed by atoms with E-state index < -0.39 is 5.82 Å². The highest BCUT2D eigenvalue weighted by Crippen LogP contribution is 2.30. The van der Waals surface area contributed by atoms with Crippen molar-refractivity contribution in [2.75, 3.05) is 0 Å². The van der Waals surface area contributed by atoms with E-state index in [0.29, 0.717) is 17.6 Å². The summed E-state index contributed by atoms with van der Waals surface area (Å²) < 4.78 is 42.2. The molecule has 4 aromatic rings. The molecule has 124 valence electrons. The molecule has 0 amide bonds. The fourth-order valence-electron chi connectivity index (χ4n) is 2.91. The predicted molar refractivity (Wildman–Crippen MR) is 90.6 cm³/mol. The summed E-state index contributed by atoms with van der Waals surface area (Å²) in [6.07, 6.45) is 0. The molecule has 0 saturated carbocycles. The van der Waals surface area contributed by atoms with Gasteiger partial charge in [0.15, 0.2) is 5.82 Å². The Kier molecular flexibility index (Phi) is 3.76. The summed E-state index contributed by atoms with van der Waals surface area (Å²) in [4.78, 5) is 0. The molecule has 0 aliphatic rings. The van der Waals surface area contributed by atoms with E-state index in [-0.39, 0.29) is 17.2 Å². The van der Waals surface area contributed by atoms with Crippen LogP contribution in [0.1, 0.15) is 5.56 Å². The average Bonchev–Trinajstić information content (AvgIpc) is 2.97.